The first kappa shape index (κ1) is 15.6. The fraction of sp³-hybridized carbons (Fsp3) is 0.625. The van der Waals surface area contributed by atoms with Gasteiger partial charge in [-0.25, -0.2) is 4.98 Å². The zero-order valence-corrected chi connectivity index (χ0v) is 13.5. The summed E-state index contributed by atoms with van der Waals surface area (Å²) in [7, 11) is 2.01. The minimum atomic E-state index is -0.503. The van der Waals surface area contributed by atoms with Crippen LogP contribution in [0.4, 0.5) is 5.95 Å². The highest BCUT2D eigenvalue weighted by atomic mass is 16.2. The van der Waals surface area contributed by atoms with Crippen molar-refractivity contribution in [2.24, 2.45) is 12.5 Å². The number of imidazole rings is 1. The second kappa shape index (κ2) is 5.92. The fourth-order valence-electron chi connectivity index (χ4n) is 2.45. The molecule has 1 aliphatic rings. The topological polar surface area (TPSA) is 50.2 Å². The molecule has 21 heavy (non-hydrogen) atoms. The lowest BCUT2D eigenvalue weighted by atomic mass is 9.84. The van der Waals surface area contributed by atoms with E-state index >= 15 is 0 Å². The lowest BCUT2D eigenvalue weighted by molar-refractivity contribution is -0.128. The van der Waals surface area contributed by atoms with Crippen LogP contribution in [0.15, 0.2) is 24.5 Å². The summed E-state index contributed by atoms with van der Waals surface area (Å²) in [5.41, 5.74) is 0.391. The quantitative estimate of drug-likeness (QED) is 0.864. The Morgan fingerprint density at radius 1 is 1.43 bits per heavy atom. The Kier molecular flexibility index (Phi) is 4.40. The average molecular weight is 290 g/mol. The van der Waals surface area contributed by atoms with Crippen LogP contribution >= 0.6 is 0 Å². The monoisotopic (exact) mass is 290 g/mol. The first-order valence-corrected chi connectivity index (χ1v) is 7.51. The van der Waals surface area contributed by atoms with Gasteiger partial charge in [0.25, 0.3) is 0 Å². The van der Waals surface area contributed by atoms with E-state index in [0.29, 0.717) is 0 Å². The van der Waals surface area contributed by atoms with Crippen molar-refractivity contribution in [3.63, 3.8) is 0 Å². The van der Waals surface area contributed by atoms with Crippen LogP contribution in [0.3, 0.4) is 0 Å². The van der Waals surface area contributed by atoms with E-state index in [1.165, 1.54) is 0 Å². The second-order valence-corrected chi connectivity index (χ2v) is 6.48. The van der Waals surface area contributed by atoms with Crippen LogP contribution < -0.4 is 10.2 Å². The number of rotatable bonds is 4. The average Bonchev–Trinajstić information content (AvgIpc) is 2.85. The molecule has 0 unspecified atom stereocenters. The van der Waals surface area contributed by atoms with Crippen molar-refractivity contribution in [2.75, 3.05) is 18.0 Å². The molecule has 5 heteroatoms. The number of hydrogen-bond donors (Lipinski definition) is 1. The van der Waals surface area contributed by atoms with Gasteiger partial charge >= 0.3 is 0 Å². The molecule has 0 saturated carbocycles. The molecule has 0 spiro atoms. The van der Waals surface area contributed by atoms with Gasteiger partial charge in [-0.15, -0.1) is 0 Å². The number of carbonyl (C=O) groups is 1. The summed E-state index contributed by atoms with van der Waals surface area (Å²) < 4.78 is 2.03. The Balaban J connectivity index is 1.89. The number of anilines is 1. The number of nitrogens with zero attached hydrogens (tertiary/aromatic N) is 3. The van der Waals surface area contributed by atoms with E-state index in [1.807, 2.05) is 44.8 Å². The van der Waals surface area contributed by atoms with E-state index in [4.69, 9.17) is 0 Å². The predicted molar refractivity (Wildman–Crippen MR) is 85.2 cm³/mol. The van der Waals surface area contributed by atoms with Crippen LogP contribution in [-0.4, -0.2) is 34.6 Å². The van der Waals surface area contributed by atoms with Gasteiger partial charge in [0.15, 0.2) is 0 Å². The molecule has 1 fully saturated rings. The molecule has 1 aromatic rings. The van der Waals surface area contributed by atoms with Crippen molar-refractivity contribution >= 4 is 11.9 Å². The maximum absolute atomic E-state index is 12.3. The maximum atomic E-state index is 12.3. The highest BCUT2D eigenvalue weighted by molar-refractivity contribution is 5.85. The summed E-state index contributed by atoms with van der Waals surface area (Å²) in [6.45, 7) is 11.5. The molecule has 2 rings (SSSR count). The molecule has 1 aliphatic heterocycles. The number of aromatic nitrogens is 2. The van der Waals surface area contributed by atoms with Crippen LogP contribution in [0.5, 0.6) is 0 Å². The summed E-state index contributed by atoms with van der Waals surface area (Å²) in [5.74, 6) is 1.08. The smallest absolute Gasteiger partial charge is 0.229 e. The normalized spacial score (nSPS) is 16.9. The van der Waals surface area contributed by atoms with Crippen molar-refractivity contribution in [3.8, 4) is 0 Å². The van der Waals surface area contributed by atoms with Crippen molar-refractivity contribution in [3.05, 3.63) is 24.5 Å². The van der Waals surface area contributed by atoms with Gasteiger partial charge in [0.2, 0.25) is 11.9 Å². The molecule has 0 radical (unpaired) electrons. The van der Waals surface area contributed by atoms with Gasteiger partial charge < -0.3 is 14.8 Å². The van der Waals surface area contributed by atoms with E-state index in [2.05, 4.69) is 21.8 Å². The molecule has 1 amide bonds. The maximum Gasteiger partial charge on any atom is 0.229 e. The molecule has 0 aromatic carbocycles. The lowest BCUT2D eigenvalue weighted by Crippen LogP contribution is -2.49. The summed E-state index contributed by atoms with van der Waals surface area (Å²) >= 11 is 0. The number of aryl methyl sites for hydroxylation is 1. The zero-order chi connectivity index (χ0) is 15.6. The van der Waals surface area contributed by atoms with Crippen molar-refractivity contribution in [1.82, 2.24) is 14.9 Å². The SMILES string of the molecule is C=C(C)C(C)(C)C(=O)NC1CCN(c2nccn2C)CC1. The third-order valence-corrected chi connectivity index (χ3v) is 4.54. The van der Waals surface area contributed by atoms with Gasteiger partial charge in [0, 0.05) is 38.6 Å². The third kappa shape index (κ3) is 3.28. The van der Waals surface area contributed by atoms with Crippen molar-refractivity contribution in [2.45, 2.75) is 39.7 Å². The van der Waals surface area contributed by atoms with Crippen LogP contribution in [-0.2, 0) is 11.8 Å². The number of nitrogens with one attached hydrogen (secondary N) is 1. The van der Waals surface area contributed by atoms with Crippen molar-refractivity contribution < 1.29 is 4.79 Å². The first-order chi connectivity index (χ1) is 9.82. The van der Waals surface area contributed by atoms with E-state index in [1.54, 1.807) is 0 Å². The van der Waals surface area contributed by atoms with Gasteiger partial charge in [-0.2, -0.15) is 0 Å². The number of hydrogen-bond acceptors (Lipinski definition) is 3. The van der Waals surface area contributed by atoms with Crippen LogP contribution in [0.2, 0.25) is 0 Å². The molecular weight excluding hydrogens is 264 g/mol. The number of amides is 1. The van der Waals surface area contributed by atoms with E-state index in [0.717, 1.165) is 37.5 Å². The molecule has 0 atom stereocenters. The molecule has 0 aliphatic carbocycles. The molecule has 0 bridgehead atoms. The summed E-state index contributed by atoms with van der Waals surface area (Å²) in [5, 5.41) is 3.17. The summed E-state index contributed by atoms with van der Waals surface area (Å²) in [4.78, 5) is 19.0. The minimum Gasteiger partial charge on any atom is -0.352 e. The standard InChI is InChI=1S/C16H26N4O/c1-12(2)16(3,4)14(21)18-13-6-9-20(10-7-13)15-17-8-11-19(15)5/h8,11,13H,1,6-7,9-10H2,2-5H3,(H,18,21). The summed E-state index contributed by atoms with van der Waals surface area (Å²) in [6.07, 6.45) is 5.67. The Hall–Kier alpha value is -1.78. The number of carbonyl (C=O) groups excluding carboxylic acids is 1. The van der Waals surface area contributed by atoms with E-state index in [9.17, 15) is 4.79 Å². The van der Waals surface area contributed by atoms with Gasteiger partial charge in [-0.1, -0.05) is 12.2 Å². The highest BCUT2D eigenvalue weighted by Gasteiger charge is 2.31. The van der Waals surface area contributed by atoms with Crippen LogP contribution in [0.25, 0.3) is 0 Å². The molecule has 1 saturated heterocycles. The molecule has 1 N–H and O–H groups in total. The molecule has 1 aromatic heterocycles. The number of piperidine rings is 1. The Labute approximate surface area is 127 Å². The second-order valence-electron chi connectivity index (χ2n) is 6.48. The molecular formula is C16H26N4O. The van der Waals surface area contributed by atoms with Gasteiger partial charge in [0.05, 0.1) is 5.41 Å². The molecule has 116 valence electrons. The first-order valence-electron chi connectivity index (χ1n) is 7.51. The van der Waals surface area contributed by atoms with Crippen LogP contribution in [0.1, 0.15) is 33.6 Å². The van der Waals surface area contributed by atoms with Gasteiger partial charge in [-0.3, -0.25) is 4.79 Å². The Bertz CT molecular complexity index is 524. The van der Waals surface area contributed by atoms with Gasteiger partial charge in [-0.05, 0) is 33.6 Å². The highest BCUT2D eigenvalue weighted by Crippen LogP contribution is 2.25. The minimum absolute atomic E-state index is 0.0745. The lowest BCUT2D eigenvalue weighted by Gasteiger charge is -2.35. The fourth-order valence-corrected chi connectivity index (χ4v) is 2.45. The summed E-state index contributed by atoms with van der Waals surface area (Å²) in [6, 6.07) is 0.243. The van der Waals surface area contributed by atoms with Gasteiger partial charge in [0.1, 0.15) is 0 Å². The predicted octanol–water partition coefficient (Wildman–Crippen LogP) is 2.11. The Morgan fingerprint density at radius 3 is 2.52 bits per heavy atom. The molecule has 2 heterocycles. The third-order valence-electron chi connectivity index (χ3n) is 4.54. The van der Waals surface area contributed by atoms with Crippen molar-refractivity contribution in [1.29, 1.82) is 0 Å². The van der Waals surface area contributed by atoms with E-state index < -0.39 is 5.41 Å². The zero-order valence-electron chi connectivity index (χ0n) is 13.5. The van der Waals surface area contributed by atoms with E-state index in [-0.39, 0.29) is 11.9 Å². The Morgan fingerprint density at radius 2 is 2.05 bits per heavy atom. The largest absolute Gasteiger partial charge is 0.352 e. The van der Waals surface area contributed by atoms with Crippen LogP contribution in [0, 0.1) is 5.41 Å². The molecule has 5 nitrogen and oxygen atoms in total.